The molecule has 0 atom stereocenters. The van der Waals surface area contributed by atoms with E-state index < -0.39 is 0 Å². The number of aromatic amines is 1. The van der Waals surface area contributed by atoms with Gasteiger partial charge in [0.25, 0.3) is 11.1 Å². The van der Waals surface area contributed by atoms with Crippen LogP contribution in [0.4, 0.5) is 0 Å². The quantitative estimate of drug-likeness (QED) is 0.332. The second kappa shape index (κ2) is 7.68. The Hall–Kier alpha value is -3.43. The summed E-state index contributed by atoms with van der Waals surface area (Å²) in [4.78, 5) is 35.2. The number of aromatic nitrogens is 6. The number of hydrogen-bond donors (Lipinski definition) is 1. The van der Waals surface area contributed by atoms with Gasteiger partial charge in [0.2, 0.25) is 11.1 Å². The number of thioether (sulfide) groups is 1. The lowest BCUT2D eigenvalue weighted by Crippen LogP contribution is -2.21. The number of hydrogen-bond acceptors (Lipinski definition) is 6. The molecule has 8 nitrogen and oxygen atoms in total. The maximum Gasteiger partial charge on any atom is 0.266 e. The maximum atomic E-state index is 13.2. The summed E-state index contributed by atoms with van der Waals surface area (Å²) in [6, 6.07) is 12.0. The smallest absolute Gasteiger partial charge is 0.266 e. The Morgan fingerprint density at radius 2 is 1.68 bits per heavy atom. The summed E-state index contributed by atoms with van der Waals surface area (Å²) in [6.45, 7) is 2.00. The highest BCUT2D eigenvalue weighted by Gasteiger charge is 2.13. The fraction of sp³-hybridized carbons (Fsp3) is 0.0952. The molecule has 0 unspecified atom stereocenters. The average molecular weight is 451 g/mol. The van der Waals surface area contributed by atoms with Gasteiger partial charge >= 0.3 is 0 Å². The van der Waals surface area contributed by atoms with E-state index in [0.717, 1.165) is 5.75 Å². The number of nitrogens with one attached hydrogen (secondary N) is 1. The van der Waals surface area contributed by atoms with E-state index in [1.54, 1.807) is 54.9 Å². The van der Waals surface area contributed by atoms with Crippen molar-refractivity contribution < 1.29 is 0 Å². The minimum Gasteiger partial charge on any atom is -0.284 e. The van der Waals surface area contributed by atoms with E-state index in [1.165, 1.54) is 20.9 Å². The summed E-state index contributed by atoms with van der Waals surface area (Å²) in [5.41, 5.74) is 1.01. The Balaban J connectivity index is 1.71. The van der Waals surface area contributed by atoms with Crippen molar-refractivity contribution in [3.8, 4) is 11.6 Å². The van der Waals surface area contributed by atoms with Gasteiger partial charge < -0.3 is 0 Å². The van der Waals surface area contributed by atoms with E-state index in [9.17, 15) is 9.59 Å². The highest BCUT2D eigenvalue weighted by atomic mass is 35.5. The third kappa shape index (κ3) is 3.41. The highest BCUT2D eigenvalue weighted by Crippen LogP contribution is 2.18. The van der Waals surface area contributed by atoms with Crippen LogP contribution in [0.5, 0.6) is 0 Å². The van der Waals surface area contributed by atoms with Gasteiger partial charge in [-0.1, -0.05) is 36.4 Å². The molecule has 4 aromatic heterocycles. The molecule has 0 radical (unpaired) electrons. The molecular formula is C21H15ClN6O2S. The lowest BCUT2D eigenvalue weighted by molar-refractivity contribution is 0.901. The summed E-state index contributed by atoms with van der Waals surface area (Å²) < 4.78 is 2.84. The van der Waals surface area contributed by atoms with Crippen LogP contribution in [0, 0.1) is 0 Å². The van der Waals surface area contributed by atoms with Gasteiger partial charge in [0.05, 0.1) is 27.5 Å². The van der Waals surface area contributed by atoms with Crippen LogP contribution in [0.25, 0.3) is 33.4 Å². The molecule has 5 rings (SSSR count). The number of fused-ring (bicyclic) bond motifs is 2. The van der Waals surface area contributed by atoms with Gasteiger partial charge in [0.15, 0.2) is 0 Å². The Labute approximate surface area is 184 Å². The Bertz CT molecular complexity index is 1570. The van der Waals surface area contributed by atoms with Crippen LogP contribution >= 0.6 is 23.4 Å². The number of pyridine rings is 3. The molecule has 1 aromatic carbocycles. The van der Waals surface area contributed by atoms with Crippen molar-refractivity contribution in [3.63, 3.8) is 0 Å². The van der Waals surface area contributed by atoms with E-state index >= 15 is 0 Å². The van der Waals surface area contributed by atoms with Crippen molar-refractivity contribution >= 4 is 45.2 Å². The van der Waals surface area contributed by atoms with Crippen molar-refractivity contribution in [2.45, 2.75) is 12.1 Å². The van der Waals surface area contributed by atoms with E-state index in [-0.39, 0.29) is 11.1 Å². The summed E-state index contributed by atoms with van der Waals surface area (Å²) in [5, 5.41) is 8.63. The second-order valence-electron chi connectivity index (χ2n) is 6.69. The van der Waals surface area contributed by atoms with Crippen molar-refractivity contribution in [3.05, 3.63) is 80.6 Å². The molecule has 10 heteroatoms. The monoisotopic (exact) mass is 450 g/mol. The predicted octanol–water partition coefficient (Wildman–Crippen LogP) is 3.57. The predicted molar refractivity (Wildman–Crippen MR) is 122 cm³/mol. The molecule has 0 amide bonds. The zero-order valence-electron chi connectivity index (χ0n) is 16.2. The first-order valence-electron chi connectivity index (χ1n) is 9.44. The molecule has 0 aliphatic rings. The summed E-state index contributed by atoms with van der Waals surface area (Å²) in [7, 11) is 0. The van der Waals surface area contributed by atoms with Crippen LogP contribution in [0.3, 0.4) is 0 Å². The largest absolute Gasteiger partial charge is 0.284 e. The fourth-order valence-corrected chi connectivity index (χ4v) is 4.06. The summed E-state index contributed by atoms with van der Waals surface area (Å²) in [5.74, 6) is 1.13. The van der Waals surface area contributed by atoms with Crippen molar-refractivity contribution in [1.29, 1.82) is 0 Å². The number of halogens is 1. The molecule has 0 fully saturated rings. The zero-order chi connectivity index (χ0) is 21.5. The number of rotatable bonds is 4. The SMILES string of the molecule is CCSc1n[nH]c(-n2ccc3nc4ccn(-c5cccc(Cl)c5)c(=O)c4cc3c2=O)n1. The van der Waals surface area contributed by atoms with Gasteiger partial charge in [0.1, 0.15) is 0 Å². The van der Waals surface area contributed by atoms with Gasteiger partial charge in [-0.25, -0.2) is 10.1 Å². The van der Waals surface area contributed by atoms with Gasteiger partial charge in [-0.2, -0.15) is 4.98 Å². The van der Waals surface area contributed by atoms with Crippen LogP contribution in [-0.4, -0.2) is 35.1 Å². The Kier molecular flexibility index (Phi) is 4.84. The molecule has 0 aliphatic heterocycles. The standard InChI is InChI=1S/C21H15ClN6O2S/c1-2-31-21-24-20(25-26-21)28-9-7-17-15(19(28)30)11-14-16(23-17)6-8-27(18(14)29)13-5-3-4-12(22)10-13/h3-11H,2H2,1H3,(H,24,25,26). The molecule has 5 aromatic rings. The third-order valence-corrected chi connectivity index (χ3v) is 5.75. The minimum atomic E-state index is -0.339. The number of H-pyrrole nitrogens is 1. The van der Waals surface area contributed by atoms with E-state index in [4.69, 9.17) is 11.6 Å². The molecule has 154 valence electrons. The first-order chi connectivity index (χ1) is 15.0. The molecule has 0 aliphatic carbocycles. The second-order valence-corrected chi connectivity index (χ2v) is 8.36. The summed E-state index contributed by atoms with van der Waals surface area (Å²) >= 11 is 7.54. The fourth-order valence-electron chi connectivity index (χ4n) is 3.36. The number of nitrogens with zero attached hydrogens (tertiary/aromatic N) is 5. The molecule has 0 spiro atoms. The van der Waals surface area contributed by atoms with E-state index in [0.29, 0.717) is 43.6 Å². The van der Waals surface area contributed by atoms with E-state index in [1.807, 2.05) is 6.92 Å². The van der Waals surface area contributed by atoms with Crippen molar-refractivity contribution in [2.75, 3.05) is 5.75 Å². The van der Waals surface area contributed by atoms with Crippen LogP contribution in [0.2, 0.25) is 5.02 Å². The lowest BCUT2D eigenvalue weighted by Gasteiger charge is -2.09. The molecule has 31 heavy (non-hydrogen) atoms. The first-order valence-corrected chi connectivity index (χ1v) is 10.8. The van der Waals surface area contributed by atoms with Crippen molar-refractivity contribution in [2.24, 2.45) is 0 Å². The molecule has 4 heterocycles. The minimum absolute atomic E-state index is 0.287. The van der Waals surface area contributed by atoms with Crippen LogP contribution in [0.1, 0.15) is 6.92 Å². The highest BCUT2D eigenvalue weighted by molar-refractivity contribution is 7.99. The van der Waals surface area contributed by atoms with Crippen molar-refractivity contribution in [1.82, 2.24) is 29.3 Å². The normalized spacial score (nSPS) is 11.4. The molecular weight excluding hydrogens is 436 g/mol. The Morgan fingerprint density at radius 1 is 0.968 bits per heavy atom. The molecule has 1 N–H and O–H groups in total. The molecule has 0 saturated heterocycles. The van der Waals surface area contributed by atoms with E-state index in [2.05, 4.69) is 20.2 Å². The van der Waals surface area contributed by atoms with Gasteiger partial charge in [-0.3, -0.25) is 18.7 Å². The van der Waals surface area contributed by atoms with Crippen LogP contribution < -0.4 is 11.1 Å². The van der Waals surface area contributed by atoms with Crippen LogP contribution in [0.15, 0.2) is 69.6 Å². The van der Waals surface area contributed by atoms with Gasteiger partial charge in [0, 0.05) is 17.4 Å². The summed E-state index contributed by atoms with van der Waals surface area (Å²) in [6.07, 6.45) is 3.25. The Morgan fingerprint density at radius 3 is 2.39 bits per heavy atom. The third-order valence-electron chi connectivity index (χ3n) is 4.78. The lowest BCUT2D eigenvalue weighted by atomic mass is 10.2. The molecule has 0 saturated carbocycles. The van der Waals surface area contributed by atoms with Crippen LogP contribution in [-0.2, 0) is 0 Å². The topological polar surface area (TPSA) is 98.5 Å². The number of benzene rings is 1. The maximum absolute atomic E-state index is 13.2. The first kappa shape index (κ1) is 19.5. The average Bonchev–Trinajstić information content (AvgIpc) is 3.22. The zero-order valence-corrected chi connectivity index (χ0v) is 17.8. The van der Waals surface area contributed by atoms with Gasteiger partial charge in [-0.15, -0.1) is 5.10 Å². The van der Waals surface area contributed by atoms with Gasteiger partial charge in [-0.05, 0) is 42.2 Å². The molecule has 0 bridgehead atoms.